The zero-order valence-corrected chi connectivity index (χ0v) is 15.7. The third-order valence-corrected chi connectivity index (χ3v) is 5.78. The molecule has 0 radical (unpaired) electrons. The molecule has 1 N–H and O–H groups in total. The molecule has 2 fully saturated rings. The molecule has 1 aliphatic carbocycles. The summed E-state index contributed by atoms with van der Waals surface area (Å²) in [6.07, 6.45) is 2.81. The zero-order valence-electron chi connectivity index (χ0n) is 15.7. The van der Waals surface area contributed by atoms with E-state index in [1.54, 1.807) is 31.4 Å². The van der Waals surface area contributed by atoms with E-state index in [1.165, 1.54) is 0 Å². The molecule has 1 saturated carbocycles. The predicted molar refractivity (Wildman–Crippen MR) is 101 cm³/mol. The van der Waals surface area contributed by atoms with E-state index < -0.39 is 17.6 Å². The van der Waals surface area contributed by atoms with Crippen LogP contribution in [0.15, 0.2) is 54.6 Å². The minimum atomic E-state index is -1.47. The number of ether oxygens (including phenoxy) is 1. The number of methoxy groups -OCH3 is 1. The lowest BCUT2D eigenvalue weighted by molar-refractivity contribution is -0.253. The van der Waals surface area contributed by atoms with E-state index in [-0.39, 0.29) is 17.4 Å². The van der Waals surface area contributed by atoms with E-state index in [2.05, 4.69) is 0 Å². The molecule has 3 atom stereocenters. The highest BCUT2D eigenvalue weighted by Gasteiger charge is 2.61. The van der Waals surface area contributed by atoms with Crippen molar-refractivity contribution in [3.63, 3.8) is 0 Å². The quantitative estimate of drug-likeness (QED) is 0.880. The van der Waals surface area contributed by atoms with Crippen LogP contribution in [0, 0.1) is 5.92 Å². The average Bonchev–Trinajstić information content (AvgIpc) is 2.95. The van der Waals surface area contributed by atoms with E-state index in [0.717, 1.165) is 23.5 Å². The molecule has 1 saturated heterocycles. The van der Waals surface area contributed by atoms with Gasteiger partial charge in [0.15, 0.2) is 5.72 Å². The third-order valence-electron chi connectivity index (χ3n) is 5.78. The van der Waals surface area contributed by atoms with E-state index in [1.807, 2.05) is 30.3 Å². The van der Waals surface area contributed by atoms with E-state index in [9.17, 15) is 14.7 Å². The topological polar surface area (TPSA) is 76.1 Å². The Morgan fingerprint density at radius 2 is 1.82 bits per heavy atom. The van der Waals surface area contributed by atoms with Crippen molar-refractivity contribution in [2.75, 3.05) is 7.11 Å². The number of amides is 1. The molecule has 1 amide bonds. The van der Waals surface area contributed by atoms with Crippen LogP contribution in [0.1, 0.15) is 47.5 Å². The number of rotatable bonds is 4. The number of benzene rings is 2. The van der Waals surface area contributed by atoms with Gasteiger partial charge in [-0.25, -0.2) is 4.79 Å². The second-order valence-electron chi connectivity index (χ2n) is 7.36. The lowest BCUT2D eigenvalue weighted by Crippen LogP contribution is -2.51. The molecule has 4 rings (SSSR count). The van der Waals surface area contributed by atoms with Crippen molar-refractivity contribution >= 4 is 11.9 Å². The molecule has 2 aliphatic rings. The van der Waals surface area contributed by atoms with Crippen molar-refractivity contribution < 1.29 is 24.3 Å². The van der Waals surface area contributed by atoms with Crippen LogP contribution in [-0.4, -0.2) is 34.9 Å². The molecule has 0 spiro atoms. The van der Waals surface area contributed by atoms with Crippen molar-refractivity contribution in [3.05, 3.63) is 65.7 Å². The maximum atomic E-state index is 13.2. The number of hydrogen-bond donors (Lipinski definition) is 1. The Bertz CT molecular complexity index is 866. The molecule has 1 heterocycles. The Balaban J connectivity index is 1.63. The summed E-state index contributed by atoms with van der Waals surface area (Å²) in [5, 5.41) is 12.3. The molecule has 2 aromatic carbocycles. The van der Waals surface area contributed by atoms with Gasteiger partial charge in [-0.15, -0.1) is 5.06 Å². The second kappa shape index (κ2) is 7.28. The van der Waals surface area contributed by atoms with Gasteiger partial charge in [-0.2, -0.15) is 0 Å². The van der Waals surface area contributed by atoms with Crippen molar-refractivity contribution in [1.29, 1.82) is 0 Å². The Labute approximate surface area is 163 Å². The molecule has 0 unspecified atom stereocenters. The van der Waals surface area contributed by atoms with E-state index in [0.29, 0.717) is 18.6 Å². The summed E-state index contributed by atoms with van der Waals surface area (Å²) in [7, 11) is 1.54. The van der Waals surface area contributed by atoms with Crippen LogP contribution in [0.5, 0.6) is 5.75 Å². The molecule has 1 aliphatic heterocycles. The maximum absolute atomic E-state index is 13.2. The Hall–Kier alpha value is -2.86. The summed E-state index contributed by atoms with van der Waals surface area (Å²) in [4.78, 5) is 31.3. The number of carbonyl (C=O) groups is 2. The van der Waals surface area contributed by atoms with Gasteiger partial charge >= 0.3 is 5.97 Å². The number of hydrogen-bond acceptors (Lipinski definition) is 5. The summed E-state index contributed by atoms with van der Waals surface area (Å²) in [6.45, 7) is 0. The third kappa shape index (κ3) is 3.03. The average molecular weight is 381 g/mol. The van der Waals surface area contributed by atoms with Crippen LogP contribution >= 0.6 is 0 Å². The smallest absolute Gasteiger partial charge is 0.363 e. The highest BCUT2D eigenvalue weighted by molar-refractivity contribution is 5.92. The van der Waals surface area contributed by atoms with Gasteiger partial charge in [-0.05, 0) is 49.1 Å². The van der Waals surface area contributed by atoms with Crippen LogP contribution in [0.2, 0.25) is 0 Å². The predicted octanol–water partition coefficient (Wildman–Crippen LogP) is 3.27. The normalized spacial score (nSPS) is 26.6. The van der Waals surface area contributed by atoms with Gasteiger partial charge < -0.3 is 14.7 Å². The van der Waals surface area contributed by atoms with Crippen LogP contribution in [0.4, 0.5) is 0 Å². The Morgan fingerprint density at radius 1 is 1.11 bits per heavy atom. The summed E-state index contributed by atoms with van der Waals surface area (Å²) in [5.41, 5.74) is -0.355. The fraction of sp³-hybridized carbons (Fsp3) is 0.364. The fourth-order valence-corrected chi connectivity index (χ4v) is 4.36. The fourth-order valence-electron chi connectivity index (χ4n) is 4.36. The van der Waals surface area contributed by atoms with Gasteiger partial charge in [-0.3, -0.25) is 4.79 Å². The number of aliphatic hydroxyl groups is 1. The minimum absolute atomic E-state index is 0.285. The van der Waals surface area contributed by atoms with Crippen LogP contribution in [0.25, 0.3) is 0 Å². The molecular weight excluding hydrogens is 358 g/mol. The van der Waals surface area contributed by atoms with Crippen molar-refractivity contribution in [1.82, 2.24) is 5.06 Å². The highest BCUT2D eigenvalue weighted by Crippen LogP contribution is 2.51. The largest absolute Gasteiger partial charge is 0.497 e. The number of fused-ring (bicyclic) bond motifs is 1. The summed E-state index contributed by atoms with van der Waals surface area (Å²) in [5.74, 6) is -1.26. The van der Waals surface area contributed by atoms with Crippen LogP contribution < -0.4 is 4.74 Å². The molecule has 2 aromatic rings. The number of nitrogens with zero attached hydrogens (tertiary/aromatic N) is 1. The van der Waals surface area contributed by atoms with Crippen molar-refractivity contribution in [2.45, 2.75) is 37.3 Å². The van der Waals surface area contributed by atoms with Gasteiger partial charge in [0.05, 0.1) is 18.6 Å². The first kappa shape index (κ1) is 18.5. The first-order chi connectivity index (χ1) is 13.5. The van der Waals surface area contributed by atoms with Gasteiger partial charge in [0.2, 0.25) is 0 Å². The van der Waals surface area contributed by atoms with E-state index in [4.69, 9.17) is 9.57 Å². The van der Waals surface area contributed by atoms with Gasteiger partial charge in [0.1, 0.15) is 5.75 Å². The second-order valence-corrected chi connectivity index (χ2v) is 7.36. The van der Waals surface area contributed by atoms with Crippen molar-refractivity contribution in [2.24, 2.45) is 5.92 Å². The van der Waals surface area contributed by atoms with Crippen LogP contribution in [0.3, 0.4) is 0 Å². The summed E-state index contributed by atoms with van der Waals surface area (Å²) in [6, 6.07) is 15.8. The Kier molecular flexibility index (Phi) is 4.81. The summed E-state index contributed by atoms with van der Waals surface area (Å²) < 4.78 is 5.09. The number of carbonyl (C=O) groups excluding carboxylic acids is 2. The molecule has 6 heteroatoms. The standard InChI is InChI=1S/C22H23NO5/c1-27-17-12-10-16(11-13-17)21(25)28-23-20(24)19(15-7-3-2-4-8-15)18-9-5-6-14-22(18,23)26/h2-4,7-8,10-13,18-19,26H,5-6,9,14H2,1H3/t18-,19-,22+/m1/s1. The molecule has 146 valence electrons. The lowest BCUT2D eigenvalue weighted by Gasteiger charge is -2.39. The van der Waals surface area contributed by atoms with Gasteiger partial charge in [-0.1, -0.05) is 36.8 Å². The Morgan fingerprint density at radius 3 is 2.50 bits per heavy atom. The van der Waals surface area contributed by atoms with Crippen molar-refractivity contribution in [3.8, 4) is 5.75 Å². The van der Waals surface area contributed by atoms with Gasteiger partial charge in [0, 0.05) is 5.92 Å². The lowest BCUT2D eigenvalue weighted by atomic mass is 9.75. The highest BCUT2D eigenvalue weighted by atomic mass is 16.7. The zero-order chi connectivity index (χ0) is 19.7. The first-order valence-electron chi connectivity index (χ1n) is 9.52. The monoisotopic (exact) mass is 381 g/mol. The molecular formula is C22H23NO5. The van der Waals surface area contributed by atoms with E-state index >= 15 is 0 Å². The summed E-state index contributed by atoms with van der Waals surface area (Å²) >= 11 is 0. The molecule has 0 aromatic heterocycles. The minimum Gasteiger partial charge on any atom is -0.497 e. The first-order valence-corrected chi connectivity index (χ1v) is 9.52. The SMILES string of the molecule is COc1ccc(C(=O)ON2C(=O)[C@H](c3ccccc3)[C@H]3CCCC[C@]32O)cc1. The molecule has 0 bridgehead atoms. The molecule has 28 heavy (non-hydrogen) atoms. The maximum Gasteiger partial charge on any atom is 0.363 e. The van der Waals surface area contributed by atoms with Gasteiger partial charge in [0.25, 0.3) is 5.91 Å². The molecule has 6 nitrogen and oxygen atoms in total. The number of hydroxylamine groups is 2. The van der Waals surface area contributed by atoms with Crippen LogP contribution in [-0.2, 0) is 9.63 Å².